The van der Waals surface area contributed by atoms with E-state index >= 15 is 0 Å². The third-order valence-corrected chi connectivity index (χ3v) is 1.29. The molecule has 0 saturated carbocycles. The fourth-order valence-electron chi connectivity index (χ4n) is 0.753. The average molecular weight is 150 g/mol. The van der Waals surface area contributed by atoms with Crippen molar-refractivity contribution in [3.05, 3.63) is 37.0 Å². The van der Waals surface area contributed by atoms with Crippen molar-refractivity contribution < 1.29 is 0 Å². The Kier molecular flexibility index (Phi) is 6.81. The lowest BCUT2D eigenvalue weighted by molar-refractivity contribution is 0.823. The van der Waals surface area contributed by atoms with Crippen LogP contribution >= 0.6 is 0 Å². The first-order chi connectivity index (χ1) is 5.27. The highest BCUT2D eigenvalue weighted by molar-refractivity contribution is 4.98. The second-order valence-electron chi connectivity index (χ2n) is 2.91. The number of hydrogen-bond donors (Lipinski definition) is 0. The van der Waals surface area contributed by atoms with Crippen molar-refractivity contribution in [1.82, 2.24) is 0 Å². The first-order valence-corrected chi connectivity index (χ1v) is 4.21. The highest BCUT2D eigenvalue weighted by Crippen LogP contribution is 1.98. The molecule has 0 spiro atoms. The highest BCUT2D eigenvalue weighted by Gasteiger charge is 1.81. The Hall–Kier alpha value is -0.780. The highest BCUT2D eigenvalue weighted by atomic mass is 13.9. The van der Waals surface area contributed by atoms with Crippen molar-refractivity contribution in [3.63, 3.8) is 0 Å². The van der Waals surface area contributed by atoms with Crippen LogP contribution in [0.4, 0.5) is 0 Å². The summed E-state index contributed by atoms with van der Waals surface area (Å²) in [5.41, 5.74) is 0. The van der Waals surface area contributed by atoms with E-state index in [1.165, 1.54) is 0 Å². The summed E-state index contributed by atoms with van der Waals surface area (Å²) < 4.78 is 0. The molecule has 0 aromatic carbocycles. The number of rotatable bonds is 5. The van der Waals surface area contributed by atoms with E-state index in [9.17, 15) is 0 Å². The molecule has 0 aliphatic heterocycles. The van der Waals surface area contributed by atoms with Crippen molar-refractivity contribution in [3.8, 4) is 0 Å². The SMILES string of the molecule is C=C/C=C/CC/C=C/C(C)C. The summed E-state index contributed by atoms with van der Waals surface area (Å²) in [6.07, 6.45) is 12.7. The lowest BCUT2D eigenvalue weighted by Gasteiger charge is -1.91. The maximum Gasteiger partial charge on any atom is -0.0290 e. The first-order valence-electron chi connectivity index (χ1n) is 4.21. The Morgan fingerprint density at radius 3 is 2.36 bits per heavy atom. The van der Waals surface area contributed by atoms with Gasteiger partial charge in [-0.1, -0.05) is 50.8 Å². The Balaban J connectivity index is 3.27. The van der Waals surface area contributed by atoms with Crippen LogP contribution in [0.25, 0.3) is 0 Å². The molecule has 0 atom stereocenters. The van der Waals surface area contributed by atoms with Gasteiger partial charge in [0.25, 0.3) is 0 Å². The largest absolute Gasteiger partial charge is 0.0991 e. The minimum absolute atomic E-state index is 0.679. The summed E-state index contributed by atoms with van der Waals surface area (Å²) in [7, 11) is 0. The molecule has 0 heteroatoms. The Labute approximate surface area is 70.3 Å². The molecule has 0 fully saturated rings. The lowest BCUT2D eigenvalue weighted by Crippen LogP contribution is -1.76. The van der Waals surface area contributed by atoms with E-state index in [0.29, 0.717) is 5.92 Å². The average Bonchev–Trinajstić information content (AvgIpc) is 1.96. The molecule has 0 aromatic rings. The van der Waals surface area contributed by atoms with E-state index < -0.39 is 0 Å². The van der Waals surface area contributed by atoms with E-state index in [1.807, 2.05) is 12.2 Å². The quantitative estimate of drug-likeness (QED) is 0.318. The fourth-order valence-corrected chi connectivity index (χ4v) is 0.753. The Morgan fingerprint density at radius 2 is 1.82 bits per heavy atom. The maximum atomic E-state index is 3.60. The molecular formula is C11H18. The molecule has 0 bridgehead atoms. The lowest BCUT2D eigenvalue weighted by atomic mass is 10.2. The monoisotopic (exact) mass is 150 g/mol. The van der Waals surface area contributed by atoms with Gasteiger partial charge in [0, 0.05) is 0 Å². The molecule has 0 heterocycles. The summed E-state index contributed by atoms with van der Waals surface area (Å²) >= 11 is 0. The van der Waals surface area contributed by atoms with Gasteiger partial charge in [-0.15, -0.1) is 0 Å². The standard InChI is InChI=1S/C11H18/c1-4-5-6-7-8-9-10-11(2)3/h4-6,9-11H,1,7-8H2,2-3H3/b6-5+,10-9+. The molecule has 0 nitrogen and oxygen atoms in total. The molecule has 0 aliphatic carbocycles. The summed E-state index contributed by atoms with van der Waals surface area (Å²) in [6.45, 7) is 7.98. The predicted octanol–water partition coefficient (Wildman–Crippen LogP) is 3.72. The van der Waals surface area contributed by atoms with Crippen molar-refractivity contribution >= 4 is 0 Å². The van der Waals surface area contributed by atoms with Crippen LogP contribution in [0.15, 0.2) is 37.0 Å². The minimum atomic E-state index is 0.679. The maximum absolute atomic E-state index is 3.60. The third-order valence-electron chi connectivity index (χ3n) is 1.29. The van der Waals surface area contributed by atoms with Gasteiger partial charge < -0.3 is 0 Å². The Bertz CT molecular complexity index is 138. The van der Waals surface area contributed by atoms with Crippen LogP contribution in [-0.2, 0) is 0 Å². The molecule has 0 aromatic heterocycles. The topological polar surface area (TPSA) is 0 Å². The van der Waals surface area contributed by atoms with Gasteiger partial charge in [0.1, 0.15) is 0 Å². The number of allylic oxidation sites excluding steroid dienone is 5. The predicted molar refractivity (Wildman–Crippen MR) is 52.5 cm³/mol. The van der Waals surface area contributed by atoms with Crippen LogP contribution < -0.4 is 0 Å². The van der Waals surface area contributed by atoms with Crippen molar-refractivity contribution in [1.29, 1.82) is 0 Å². The van der Waals surface area contributed by atoms with Crippen LogP contribution in [0.2, 0.25) is 0 Å². The van der Waals surface area contributed by atoms with Crippen molar-refractivity contribution in [2.24, 2.45) is 5.92 Å². The normalized spacial score (nSPS) is 11.9. The molecular weight excluding hydrogens is 132 g/mol. The second-order valence-corrected chi connectivity index (χ2v) is 2.91. The van der Waals surface area contributed by atoms with E-state index in [1.54, 1.807) is 0 Å². The van der Waals surface area contributed by atoms with Gasteiger partial charge in [-0.25, -0.2) is 0 Å². The van der Waals surface area contributed by atoms with Gasteiger partial charge in [-0.2, -0.15) is 0 Å². The van der Waals surface area contributed by atoms with E-state index in [0.717, 1.165) is 12.8 Å². The van der Waals surface area contributed by atoms with Crippen LogP contribution in [0.3, 0.4) is 0 Å². The zero-order valence-electron chi connectivity index (χ0n) is 7.59. The van der Waals surface area contributed by atoms with Gasteiger partial charge in [-0.3, -0.25) is 0 Å². The molecule has 0 saturated heterocycles. The molecule has 0 radical (unpaired) electrons. The fraction of sp³-hybridized carbons (Fsp3) is 0.455. The van der Waals surface area contributed by atoms with Gasteiger partial charge in [0.05, 0.1) is 0 Å². The van der Waals surface area contributed by atoms with Gasteiger partial charge in [-0.05, 0) is 18.8 Å². The summed E-state index contributed by atoms with van der Waals surface area (Å²) in [5, 5.41) is 0. The molecule has 0 unspecified atom stereocenters. The van der Waals surface area contributed by atoms with E-state index in [-0.39, 0.29) is 0 Å². The van der Waals surface area contributed by atoms with Crippen LogP contribution in [0, 0.1) is 5.92 Å². The van der Waals surface area contributed by atoms with Crippen LogP contribution in [-0.4, -0.2) is 0 Å². The smallest absolute Gasteiger partial charge is 0.0290 e. The van der Waals surface area contributed by atoms with Gasteiger partial charge >= 0.3 is 0 Å². The van der Waals surface area contributed by atoms with Gasteiger partial charge in [0.2, 0.25) is 0 Å². The zero-order chi connectivity index (χ0) is 8.53. The third kappa shape index (κ3) is 9.22. The van der Waals surface area contributed by atoms with Crippen LogP contribution in [0.5, 0.6) is 0 Å². The molecule has 11 heavy (non-hydrogen) atoms. The number of unbranched alkanes of at least 4 members (excludes halogenated alkanes) is 1. The molecule has 0 N–H and O–H groups in total. The zero-order valence-corrected chi connectivity index (χ0v) is 7.59. The Morgan fingerprint density at radius 1 is 1.18 bits per heavy atom. The molecule has 0 amide bonds. The van der Waals surface area contributed by atoms with Gasteiger partial charge in [0.15, 0.2) is 0 Å². The molecule has 0 aliphatic rings. The summed E-state index contributed by atoms with van der Waals surface area (Å²) in [5.74, 6) is 0.679. The number of hydrogen-bond acceptors (Lipinski definition) is 0. The summed E-state index contributed by atoms with van der Waals surface area (Å²) in [6, 6.07) is 0. The van der Waals surface area contributed by atoms with Crippen molar-refractivity contribution in [2.45, 2.75) is 26.7 Å². The van der Waals surface area contributed by atoms with Crippen LogP contribution in [0.1, 0.15) is 26.7 Å². The first kappa shape index (κ1) is 10.2. The minimum Gasteiger partial charge on any atom is -0.0991 e. The molecule has 0 rings (SSSR count). The van der Waals surface area contributed by atoms with E-state index in [4.69, 9.17) is 0 Å². The summed E-state index contributed by atoms with van der Waals surface area (Å²) in [4.78, 5) is 0. The van der Waals surface area contributed by atoms with Crippen molar-refractivity contribution in [2.75, 3.05) is 0 Å². The second kappa shape index (κ2) is 7.33. The van der Waals surface area contributed by atoms with E-state index in [2.05, 4.69) is 38.7 Å². The molecule has 62 valence electrons.